The summed E-state index contributed by atoms with van der Waals surface area (Å²) in [6.07, 6.45) is 1.77. The normalized spacial score (nSPS) is 52.8. The van der Waals surface area contributed by atoms with Crippen LogP contribution in [-0.2, 0) is 4.74 Å². The molecule has 1 nitrogen and oxygen atoms in total. The number of hydrogen-bond donors (Lipinski definition) is 0. The first-order valence-corrected chi connectivity index (χ1v) is 5.12. The van der Waals surface area contributed by atoms with Gasteiger partial charge in [0.15, 0.2) is 0 Å². The predicted molar refractivity (Wildman–Crippen MR) is 50.3 cm³/mol. The molecule has 0 saturated heterocycles. The Morgan fingerprint density at radius 2 is 1.85 bits per heavy atom. The summed E-state index contributed by atoms with van der Waals surface area (Å²) in [6, 6.07) is 0. The molecule has 3 fully saturated rings. The van der Waals surface area contributed by atoms with Gasteiger partial charge < -0.3 is 4.74 Å². The topological polar surface area (TPSA) is 9.23 Å². The van der Waals surface area contributed by atoms with E-state index in [1.54, 1.807) is 14.0 Å². The molecule has 3 aliphatic carbocycles. The van der Waals surface area contributed by atoms with Gasteiger partial charge in [-0.1, -0.05) is 13.8 Å². The highest BCUT2D eigenvalue weighted by Crippen LogP contribution is 2.64. The minimum Gasteiger partial charge on any atom is -0.378 e. The van der Waals surface area contributed by atoms with Gasteiger partial charge in [0.2, 0.25) is 0 Å². The molecule has 0 radical (unpaired) electrons. The lowest BCUT2D eigenvalue weighted by atomic mass is 9.44. The monoisotopic (exact) mass is 186 g/mol. The van der Waals surface area contributed by atoms with Crippen molar-refractivity contribution in [1.82, 2.24) is 0 Å². The molecule has 0 N–H and O–H groups in total. The van der Waals surface area contributed by atoms with Gasteiger partial charge >= 0.3 is 0 Å². The molecule has 0 aromatic heterocycles. The molecule has 0 aliphatic heterocycles. The van der Waals surface area contributed by atoms with E-state index in [0.29, 0.717) is 5.92 Å². The number of ether oxygens (including phenoxy) is 1. The van der Waals surface area contributed by atoms with E-state index in [2.05, 4.69) is 13.8 Å². The fraction of sp³-hybridized carbons (Fsp3) is 1.00. The molecule has 0 aromatic carbocycles. The van der Waals surface area contributed by atoms with Crippen molar-refractivity contribution in [3.63, 3.8) is 0 Å². The van der Waals surface area contributed by atoms with E-state index in [4.69, 9.17) is 4.74 Å². The molecule has 3 aliphatic rings. The van der Waals surface area contributed by atoms with Crippen molar-refractivity contribution in [3.05, 3.63) is 0 Å². The van der Waals surface area contributed by atoms with Crippen molar-refractivity contribution < 1.29 is 9.13 Å². The Morgan fingerprint density at radius 3 is 2.23 bits per heavy atom. The number of fused-ring (bicyclic) bond motifs is 2. The Bertz CT molecular complexity index is 222. The van der Waals surface area contributed by atoms with Crippen LogP contribution < -0.4 is 0 Å². The second kappa shape index (κ2) is 2.47. The number of halogens is 1. The standard InChI is InChI=1S/C11H19FO/c1-10(2)7-5-8(10)11(3,12)9(6-7)13-4/h7-9H,5-6H2,1-4H3/t7-,8-,9+,11+/m1/s1. The lowest BCUT2D eigenvalue weighted by molar-refractivity contribution is -0.221. The third kappa shape index (κ3) is 1.01. The van der Waals surface area contributed by atoms with E-state index >= 15 is 0 Å². The average molecular weight is 186 g/mol. The van der Waals surface area contributed by atoms with Crippen LogP contribution in [0.4, 0.5) is 4.39 Å². The first-order valence-electron chi connectivity index (χ1n) is 5.12. The van der Waals surface area contributed by atoms with Crippen molar-refractivity contribution in [2.75, 3.05) is 7.11 Å². The van der Waals surface area contributed by atoms with Crippen LogP contribution in [0.1, 0.15) is 33.6 Å². The van der Waals surface area contributed by atoms with E-state index in [9.17, 15) is 4.39 Å². The summed E-state index contributed by atoms with van der Waals surface area (Å²) in [5.41, 5.74) is -0.925. The zero-order chi connectivity index (χ0) is 9.85. The third-order valence-corrected chi connectivity index (χ3v) is 4.56. The van der Waals surface area contributed by atoms with E-state index in [-0.39, 0.29) is 17.4 Å². The van der Waals surface area contributed by atoms with Gasteiger partial charge in [-0.3, -0.25) is 0 Å². The van der Waals surface area contributed by atoms with Gasteiger partial charge in [0.05, 0.1) is 6.10 Å². The lowest BCUT2D eigenvalue weighted by Crippen LogP contribution is -2.64. The summed E-state index contributed by atoms with van der Waals surface area (Å²) in [5.74, 6) is 0.870. The van der Waals surface area contributed by atoms with E-state index in [1.165, 1.54) is 0 Å². The maximum Gasteiger partial charge on any atom is 0.137 e. The fourth-order valence-corrected chi connectivity index (χ4v) is 3.41. The van der Waals surface area contributed by atoms with Crippen LogP contribution in [0.5, 0.6) is 0 Å². The third-order valence-electron chi connectivity index (χ3n) is 4.56. The fourth-order valence-electron chi connectivity index (χ4n) is 3.41. The minimum atomic E-state index is -1.12. The molecule has 0 unspecified atom stereocenters. The van der Waals surface area contributed by atoms with Gasteiger partial charge in [0, 0.05) is 13.0 Å². The Hall–Kier alpha value is -0.110. The smallest absolute Gasteiger partial charge is 0.137 e. The van der Waals surface area contributed by atoms with Crippen LogP contribution in [0, 0.1) is 17.3 Å². The molecule has 4 atom stereocenters. The predicted octanol–water partition coefficient (Wildman–Crippen LogP) is 2.80. The van der Waals surface area contributed by atoms with Crippen molar-refractivity contribution >= 4 is 0 Å². The zero-order valence-electron chi connectivity index (χ0n) is 8.93. The molecular formula is C11H19FO. The molecule has 13 heavy (non-hydrogen) atoms. The molecule has 0 amide bonds. The first-order chi connectivity index (χ1) is 5.90. The second-order valence-corrected chi connectivity index (χ2v) is 5.42. The molecule has 0 aromatic rings. The quantitative estimate of drug-likeness (QED) is 0.612. The van der Waals surface area contributed by atoms with E-state index in [0.717, 1.165) is 12.8 Å². The summed E-state index contributed by atoms with van der Waals surface area (Å²) < 4.78 is 19.6. The van der Waals surface area contributed by atoms with Crippen LogP contribution in [-0.4, -0.2) is 18.9 Å². The molecule has 3 rings (SSSR count). The van der Waals surface area contributed by atoms with Gasteiger partial charge in [-0.15, -0.1) is 0 Å². The highest BCUT2D eigenvalue weighted by molar-refractivity contribution is 5.13. The summed E-state index contributed by atoms with van der Waals surface area (Å²) in [6.45, 7) is 6.09. The Balaban J connectivity index is 2.23. The van der Waals surface area contributed by atoms with Crippen LogP contribution in [0.2, 0.25) is 0 Å². The van der Waals surface area contributed by atoms with Gasteiger partial charge in [0.1, 0.15) is 5.67 Å². The van der Waals surface area contributed by atoms with Gasteiger partial charge in [-0.05, 0) is 31.1 Å². The van der Waals surface area contributed by atoms with Gasteiger partial charge in [0.25, 0.3) is 0 Å². The van der Waals surface area contributed by atoms with Crippen molar-refractivity contribution in [2.45, 2.75) is 45.4 Å². The Morgan fingerprint density at radius 1 is 1.23 bits per heavy atom. The second-order valence-electron chi connectivity index (χ2n) is 5.42. The zero-order valence-corrected chi connectivity index (χ0v) is 8.93. The largest absolute Gasteiger partial charge is 0.378 e. The van der Waals surface area contributed by atoms with E-state index < -0.39 is 5.67 Å². The lowest BCUT2D eigenvalue weighted by Gasteiger charge is -2.63. The van der Waals surface area contributed by atoms with Gasteiger partial charge in [-0.2, -0.15) is 0 Å². The molecule has 3 saturated carbocycles. The first kappa shape index (κ1) is 9.45. The summed E-state index contributed by atoms with van der Waals surface area (Å²) in [7, 11) is 1.63. The van der Waals surface area contributed by atoms with Crippen LogP contribution >= 0.6 is 0 Å². The molecular weight excluding hydrogens is 167 g/mol. The average Bonchev–Trinajstić information content (AvgIpc) is 2.01. The van der Waals surface area contributed by atoms with Crippen LogP contribution in [0.25, 0.3) is 0 Å². The maximum absolute atomic E-state index is 14.3. The Kier molecular flexibility index (Phi) is 1.80. The number of alkyl halides is 1. The summed E-state index contributed by atoms with van der Waals surface area (Å²) in [5, 5.41) is 0. The maximum atomic E-state index is 14.3. The molecule has 0 spiro atoms. The molecule has 2 bridgehead atoms. The van der Waals surface area contributed by atoms with Crippen molar-refractivity contribution in [3.8, 4) is 0 Å². The van der Waals surface area contributed by atoms with Crippen LogP contribution in [0.15, 0.2) is 0 Å². The van der Waals surface area contributed by atoms with E-state index in [1.807, 2.05) is 0 Å². The van der Waals surface area contributed by atoms with Crippen molar-refractivity contribution in [1.29, 1.82) is 0 Å². The summed E-state index contributed by atoms with van der Waals surface area (Å²) in [4.78, 5) is 0. The van der Waals surface area contributed by atoms with Gasteiger partial charge in [-0.25, -0.2) is 4.39 Å². The number of methoxy groups -OCH3 is 1. The number of rotatable bonds is 1. The summed E-state index contributed by atoms with van der Waals surface area (Å²) >= 11 is 0. The molecule has 2 heteroatoms. The van der Waals surface area contributed by atoms with Crippen LogP contribution in [0.3, 0.4) is 0 Å². The highest BCUT2D eigenvalue weighted by atomic mass is 19.1. The Labute approximate surface area is 79.7 Å². The highest BCUT2D eigenvalue weighted by Gasteiger charge is 2.64. The van der Waals surface area contributed by atoms with Crippen molar-refractivity contribution in [2.24, 2.45) is 17.3 Å². The molecule has 0 heterocycles. The number of hydrogen-bond acceptors (Lipinski definition) is 1. The molecule has 76 valence electrons. The SMILES string of the molecule is CO[C@H]1C[C@H]2C[C@H](C2(C)C)[C@]1(C)F. The minimum absolute atomic E-state index is 0.177.